The van der Waals surface area contributed by atoms with E-state index < -0.39 is 0 Å². The predicted molar refractivity (Wildman–Crippen MR) is 122 cm³/mol. The third-order valence-electron chi connectivity index (χ3n) is 4.56. The number of hydrogen-bond donors (Lipinski definition) is 3. The summed E-state index contributed by atoms with van der Waals surface area (Å²) in [5.74, 6) is -0.428. The molecule has 0 saturated carbocycles. The first-order valence-electron chi connectivity index (χ1n) is 10.0. The Kier molecular flexibility index (Phi) is 7.53. The van der Waals surface area contributed by atoms with Crippen LogP contribution in [0.5, 0.6) is 5.75 Å². The summed E-state index contributed by atoms with van der Waals surface area (Å²) in [7, 11) is 1.47. The molecule has 0 aliphatic heterocycles. The van der Waals surface area contributed by atoms with Crippen molar-refractivity contribution < 1.29 is 19.1 Å². The summed E-state index contributed by atoms with van der Waals surface area (Å²) in [5.41, 5.74) is 1.92. The maximum Gasteiger partial charge on any atom is 0.257 e. The van der Waals surface area contributed by atoms with Crippen LogP contribution in [0.4, 0.5) is 11.4 Å². The van der Waals surface area contributed by atoms with Crippen LogP contribution in [0.15, 0.2) is 73.1 Å². The first-order valence-corrected chi connectivity index (χ1v) is 10.0. The molecule has 3 rings (SSSR count). The van der Waals surface area contributed by atoms with E-state index in [4.69, 9.17) is 4.74 Å². The van der Waals surface area contributed by atoms with E-state index in [0.29, 0.717) is 28.3 Å². The summed E-state index contributed by atoms with van der Waals surface area (Å²) >= 11 is 0. The summed E-state index contributed by atoms with van der Waals surface area (Å²) < 4.78 is 5.35. The number of pyridine rings is 1. The summed E-state index contributed by atoms with van der Waals surface area (Å²) in [6, 6.07) is 16.7. The largest absolute Gasteiger partial charge is 0.494 e. The minimum Gasteiger partial charge on any atom is -0.494 e. The third kappa shape index (κ3) is 6.15. The molecule has 1 heterocycles. The maximum absolute atomic E-state index is 12.4. The molecule has 1 atom stereocenters. The molecule has 0 bridgehead atoms. The normalized spacial score (nSPS) is 11.2. The van der Waals surface area contributed by atoms with E-state index in [2.05, 4.69) is 20.9 Å². The molecule has 0 saturated heterocycles. The molecule has 3 N–H and O–H groups in total. The number of benzene rings is 2. The lowest BCUT2D eigenvalue weighted by molar-refractivity contribution is -0.116. The Morgan fingerprint density at radius 2 is 1.69 bits per heavy atom. The minimum atomic E-state index is -0.359. The fourth-order valence-corrected chi connectivity index (χ4v) is 3.00. The van der Waals surface area contributed by atoms with Crippen LogP contribution in [-0.2, 0) is 4.79 Å². The smallest absolute Gasteiger partial charge is 0.257 e. The van der Waals surface area contributed by atoms with Gasteiger partial charge in [0.15, 0.2) is 0 Å². The summed E-state index contributed by atoms with van der Waals surface area (Å²) in [4.78, 5) is 40.9. The first kappa shape index (κ1) is 22.5. The van der Waals surface area contributed by atoms with Crippen molar-refractivity contribution in [1.82, 2.24) is 10.3 Å². The number of carbonyl (C=O) groups excluding carboxylic acids is 3. The van der Waals surface area contributed by atoms with Crippen LogP contribution in [0.2, 0.25) is 0 Å². The van der Waals surface area contributed by atoms with E-state index in [1.807, 2.05) is 6.07 Å². The second-order valence-electron chi connectivity index (χ2n) is 7.10. The van der Waals surface area contributed by atoms with Crippen LogP contribution in [-0.4, -0.2) is 35.9 Å². The number of nitrogens with zero attached hydrogens (tertiary/aromatic N) is 1. The van der Waals surface area contributed by atoms with Gasteiger partial charge in [-0.15, -0.1) is 0 Å². The predicted octanol–water partition coefficient (Wildman–Crippen LogP) is 3.49. The van der Waals surface area contributed by atoms with Crippen molar-refractivity contribution in [2.75, 3.05) is 17.7 Å². The molecule has 0 aliphatic carbocycles. The molecule has 1 unspecified atom stereocenters. The molecule has 32 heavy (non-hydrogen) atoms. The van der Waals surface area contributed by atoms with Crippen molar-refractivity contribution >= 4 is 29.1 Å². The number of amides is 3. The Labute approximate surface area is 186 Å². The number of hydrogen-bond acceptors (Lipinski definition) is 5. The van der Waals surface area contributed by atoms with Gasteiger partial charge in [0.25, 0.3) is 11.8 Å². The van der Waals surface area contributed by atoms with Gasteiger partial charge in [-0.3, -0.25) is 19.4 Å². The number of carbonyl (C=O) groups is 3. The van der Waals surface area contributed by atoms with Gasteiger partial charge in [-0.25, -0.2) is 0 Å². The molecule has 3 aromatic rings. The Balaban J connectivity index is 1.57. The quantitative estimate of drug-likeness (QED) is 0.505. The van der Waals surface area contributed by atoms with E-state index in [9.17, 15) is 14.4 Å². The average molecular weight is 432 g/mol. The zero-order chi connectivity index (χ0) is 22.9. The van der Waals surface area contributed by atoms with Crippen molar-refractivity contribution in [2.24, 2.45) is 0 Å². The maximum atomic E-state index is 12.4. The lowest BCUT2D eigenvalue weighted by Gasteiger charge is -2.15. The van der Waals surface area contributed by atoms with Gasteiger partial charge in [-0.05, 0) is 43.3 Å². The van der Waals surface area contributed by atoms with Gasteiger partial charge in [0.1, 0.15) is 5.75 Å². The highest BCUT2D eigenvalue weighted by Gasteiger charge is 2.15. The molecule has 0 radical (unpaired) electrons. The summed E-state index contributed by atoms with van der Waals surface area (Å²) in [6.45, 7) is 1.76. The topological polar surface area (TPSA) is 109 Å². The van der Waals surface area contributed by atoms with Gasteiger partial charge >= 0.3 is 0 Å². The van der Waals surface area contributed by atoms with Gasteiger partial charge in [0.2, 0.25) is 5.91 Å². The zero-order valence-corrected chi connectivity index (χ0v) is 17.8. The van der Waals surface area contributed by atoms with Crippen LogP contribution in [0.25, 0.3) is 0 Å². The van der Waals surface area contributed by atoms with Crippen molar-refractivity contribution in [3.63, 3.8) is 0 Å². The highest BCUT2D eigenvalue weighted by atomic mass is 16.5. The number of anilines is 2. The van der Waals surface area contributed by atoms with E-state index in [1.54, 1.807) is 67.7 Å². The highest BCUT2D eigenvalue weighted by Crippen LogP contribution is 2.28. The van der Waals surface area contributed by atoms with E-state index in [0.717, 1.165) is 0 Å². The second-order valence-corrected chi connectivity index (χ2v) is 7.10. The van der Waals surface area contributed by atoms with E-state index in [1.165, 1.54) is 13.3 Å². The lowest BCUT2D eigenvalue weighted by Crippen LogP contribution is -2.35. The zero-order valence-electron chi connectivity index (χ0n) is 17.8. The number of ether oxygens (including phenoxy) is 1. The Morgan fingerprint density at radius 3 is 2.38 bits per heavy atom. The molecule has 8 heteroatoms. The molecular weight excluding hydrogens is 408 g/mol. The standard InChI is InChI=1S/C24H24N4O4/c1-16(26-23(30)17-7-4-3-5-8-17)13-22(29)27-19-10-11-20(21(14-19)32-2)28-24(31)18-9-6-12-25-15-18/h3-12,14-16H,13H2,1-2H3,(H,26,30)(H,27,29)(H,28,31). The second kappa shape index (κ2) is 10.7. The molecule has 8 nitrogen and oxygen atoms in total. The highest BCUT2D eigenvalue weighted by molar-refractivity contribution is 6.05. The Morgan fingerprint density at radius 1 is 0.938 bits per heavy atom. The molecule has 164 valence electrons. The Hall–Kier alpha value is -4.20. The lowest BCUT2D eigenvalue weighted by atomic mass is 10.1. The van der Waals surface area contributed by atoms with Gasteiger partial charge in [-0.2, -0.15) is 0 Å². The third-order valence-corrected chi connectivity index (χ3v) is 4.56. The van der Waals surface area contributed by atoms with Crippen molar-refractivity contribution in [3.05, 3.63) is 84.2 Å². The molecule has 0 fully saturated rings. The fourth-order valence-electron chi connectivity index (χ4n) is 3.00. The van der Waals surface area contributed by atoms with Crippen molar-refractivity contribution in [3.8, 4) is 5.75 Å². The number of aromatic nitrogens is 1. The molecule has 0 aliphatic rings. The molecular formula is C24H24N4O4. The van der Waals surface area contributed by atoms with Crippen LogP contribution in [0, 0.1) is 0 Å². The van der Waals surface area contributed by atoms with Crippen LogP contribution < -0.4 is 20.7 Å². The van der Waals surface area contributed by atoms with Gasteiger partial charge < -0.3 is 20.7 Å². The summed E-state index contributed by atoms with van der Waals surface area (Å²) in [5, 5.41) is 8.35. The SMILES string of the molecule is COc1cc(NC(=O)CC(C)NC(=O)c2ccccc2)ccc1NC(=O)c1cccnc1. The molecule has 0 spiro atoms. The number of methoxy groups -OCH3 is 1. The van der Waals surface area contributed by atoms with Gasteiger partial charge in [0.05, 0.1) is 18.4 Å². The molecule has 1 aromatic heterocycles. The number of rotatable bonds is 8. The van der Waals surface area contributed by atoms with E-state index >= 15 is 0 Å². The molecule has 3 amide bonds. The monoisotopic (exact) mass is 432 g/mol. The molecule has 2 aromatic carbocycles. The van der Waals surface area contributed by atoms with Gasteiger partial charge in [-0.1, -0.05) is 18.2 Å². The Bertz CT molecular complexity index is 1090. The van der Waals surface area contributed by atoms with E-state index in [-0.39, 0.29) is 30.2 Å². The van der Waals surface area contributed by atoms with Crippen molar-refractivity contribution in [2.45, 2.75) is 19.4 Å². The average Bonchev–Trinajstić information content (AvgIpc) is 2.80. The minimum absolute atomic E-state index is 0.0976. The number of nitrogens with one attached hydrogen (secondary N) is 3. The first-order chi connectivity index (χ1) is 15.5. The van der Waals surface area contributed by atoms with Crippen LogP contribution in [0.1, 0.15) is 34.1 Å². The van der Waals surface area contributed by atoms with Crippen LogP contribution >= 0.6 is 0 Å². The summed E-state index contributed by atoms with van der Waals surface area (Å²) in [6.07, 6.45) is 3.15. The fraction of sp³-hybridized carbons (Fsp3) is 0.167. The van der Waals surface area contributed by atoms with Gasteiger partial charge in [0, 0.05) is 42.2 Å². The van der Waals surface area contributed by atoms with Crippen LogP contribution in [0.3, 0.4) is 0 Å². The van der Waals surface area contributed by atoms with Crippen molar-refractivity contribution in [1.29, 1.82) is 0 Å².